The van der Waals surface area contributed by atoms with Crippen LogP contribution in [0.4, 0.5) is 4.39 Å². The number of halogens is 2. The summed E-state index contributed by atoms with van der Waals surface area (Å²) in [5.74, 6) is 0.245. The van der Waals surface area contributed by atoms with Crippen molar-refractivity contribution in [3.8, 4) is 5.75 Å². The number of benzene rings is 1. The zero-order valence-electron chi connectivity index (χ0n) is 8.92. The average Bonchev–Trinajstić information content (AvgIpc) is 2.27. The van der Waals surface area contributed by atoms with Gasteiger partial charge in [0.25, 0.3) is 0 Å². The fourth-order valence-electron chi connectivity index (χ4n) is 1.74. The first-order chi connectivity index (χ1) is 7.74. The molecule has 1 heterocycles. The summed E-state index contributed by atoms with van der Waals surface area (Å²) >= 11 is 3.23. The Kier molecular flexibility index (Phi) is 4.18. The molecule has 0 bridgehead atoms. The molecule has 1 saturated heterocycles. The third-order valence-corrected chi connectivity index (χ3v) is 3.00. The second kappa shape index (κ2) is 5.64. The number of ether oxygens (including phenoxy) is 2. The van der Waals surface area contributed by atoms with Gasteiger partial charge in [-0.2, -0.15) is 0 Å². The van der Waals surface area contributed by atoms with Crippen molar-refractivity contribution in [2.75, 3.05) is 13.2 Å². The molecule has 1 aromatic carbocycles. The smallest absolute Gasteiger partial charge is 0.128 e. The quantitative estimate of drug-likeness (QED) is 0.847. The van der Waals surface area contributed by atoms with Crippen LogP contribution in [-0.2, 0) is 4.74 Å². The second-order valence-electron chi connectivity index (χ2n) is 3.90. The van der Waals surface area contributed by atoms with Crippen molar-refractivity contribution in [1.29, 1.82) is 0 Å². The molecule has 0 amide bonds. The minimum Gasteiger partial charge on any atom is -0.491 e. The molecule has 1 aliphatic heterocycles. The van der Waals surface area contributed by atoms with Crippen LogP contribution in [0.15, 0.2) is 22.7 Å². The Hall–Kier alpha value is -0.610. The average molecular weight is 289 g/mol. The fourth-order valence-corrected chi connectivity index (χ4v) is 2.18. The highest BCUT2D eigenvalue weighted by Crippen LogP contribution is 2.21. The molecule has 2 rings (SSSR count). The van der Waals surface area contributed by atoms with E-state index in [0.717, 1.165) is 19.4 Å². The van der Waals surface area contributed by atoms with E-state index in [1.165, 1.54) is 18.6 Å². The minimum absolute atomic E-state index is 0.149. The summed E-state index contributed by atoms with van der Waals surface area (Å²) in [6.45, 7) is 1.30. The number of rotatable bonds is 3. The van der Waals surface area contributed by atoms with E-state index < -0.39 is 0 Å². The van der Waals surface area contributed by atoms with Gasteiger partial charge in [-0.25, -0.2) is 4.39 Å². The molecule has 0 spiro atoms. The van der Waals surface area contributed by atoms with Gasteiger partial charge in [0.2, 0.25) is 0 Å². The Bertz CT molecular complexity index is 331. The molecule has 2 nitrogen and oxygen atoms in total. The molecule has 1 aliphatic rings. The van der Waals surface area contributed by atoms with E-state index in [1.54, 1.807) is 6.07 Å². The van der Waals surface area contributed by atoms with Gasteiger partial charge >= 0.3 is 0 Å². The fraction of sp³-hybridized carbons (Fsp3) is 0.500. The summed E-state index contributed by atoms with van der Waals surface area (Å²) in [6.07, 6.45) is 3.48. The van der Waals surface area contributed by atoms with E-state index in [2.05, 4.69) is 15.9 Å². The zero-order valence-corrected chi connectivity index (χ0v) is 10.5. The molecule has 1 atom stereocenters. The first-order valence-corrected chi connectivity index (χ1v) is 6.24. The van der Waals surface area contributed by atoms with E-state index in [-0.39, 0.29) is 11.9 Å². The first kappa shape index (κ1) is 11.9. The van der Waals surface area contributed by atoms with Gasteiger partial charge in [0.05, 0.1) is 6.10 Å². The Morgan fingerprint density at radius 3 is 2.94 bits per heavy atom. The molecule has 16 heavy (non-hydrogen) atoms. The lowest BCUT2D eigenvalue weighted by atomic mass is 10.1. The Balaban J connectivity index is 1.88. The van der Waals surface area contributed by atoms with E-state index in [1.807, 2.05) is 0 Å². The highest BCUT2D eigenvalue weighted by atomic mass is 79.9. The highest BCUT2D eigenvalue weighted by Gasteiger charge is 2.14. The monoisotopic (exact) mass is 288 g/mol. The predicted molar refractivity (Wildman–Crippen MR) is 63.2 cm³/mol. The molecule has 0 aliphatic carbocycles. The summed E-state index contributed by atoms with van der Waals surface area (Å²) in [6, 6.07) is 4.55. The highest BCUT2D eigenvalue weighted by molar-refractivity contribution is 9.10. The van der Waals surface area contributed by atoms with Crippen LogP contribution < -0.4 is 4.74 Å². The van der Waals surface area contributed by atoms with Crippen LogP contribution in [-0.4, -0.2) is 19.3 Å². The molecule has 4 heteroatoms. The molecule has 0 saturated carbocycles. The van der Waals surface area contributed by atoms with Crippen LogP contribution in [0.2, 0.25) is 0 Å². The summed E-state index contributed by atoms with van der Waals surface area (Å²) in [5.41, 5.74) is 0. The molecule has 0 aromatic heterocycles. The molecular weight excluding hydrogens is 275 g/mol. The summed E-state index contributed by atoms with van der Waals surface area (Å²) in [5, 5.41) is 0. The summed E-state index contributed by atoms with van der Waals surface area (Å²) in [4.78, 5) is 0. The van der Waals surface area contributed by atoms with Crippen LogP contribution >= 0.6 is 15.9 Å². The summed E-state index contributed by atoms with van der Waals surface area (Å²) < 4.78 is 24.8. The van der Waals surface area contributed by atoms with Gasteiger partial charge in [-0.15, -0.1) is 0 Å². The van der Waals surface area contributed by atoms with Gasteiger partial charge < -0.3 is 9.47 Å². The van der Waals surface area contributed by atoms with Crippen LogP contribution in [0.25, 0.3) is 0 Å². The van der Waals surface area contributed by atoms with Gasteiger partial charge in [0, 0.05) is 17.1 Å². The molecule has 0 radical (unpaired) electrons. The minimum atomic E-state index is -0.297. The molecule has 1 fully saturated rings. The normalized spacial score (nSPS) is 20.8. The Labute approximate surface area is 103 Å². The van der Waals surface area contributed by atoms with Crippen molar-refractivity contribution in [3.05, 3.63) is 28.5 Å². The Morgan fingerprint density at radius 2 is 2.25 bits per heavy atom. The molecule has 0 N–H and O–H groups in total. The topological polar surface area (TPSA) is 18.5 Å². The Morgan fingerprint density at radius 1 is 1.38 bits per heavy atom. The lowest BCUT2D eigenvalue weighted by molar-refractivity contribution is -0.0111. The van der Waals surface area contributed by atoms with Crippen molar-refractivity contribution in [2.24, 2.45) is 0 Å². The van der Waals surface area contributed by atoms with Crippen LogP contribution in [0.5, 0.6) is 5.75 Å². The first-order valence-electron chi connectivity index (χ1n) is 5.44. The van der Waals surface area contributed by atoms with Gasteiger partial charge in [0.1, 0.15) is 18.2 Å². The van der Waals surface area contributed by atoms with Crippen molar-refractivity contribution in [2.45, 2.75) is 25.4 Å². The van der Waals surface area contributed by atoms with E-state index in [4.69, 9.17) is 9.47 Å². The van der Waals surface area contributed by atoms with Crippen LogP contribution in [0.1, 0.15) is 19.3 Å². The maximum Gasteiger partial charge on any atom is 0.128 e. The largest absolute Gasteiger partial charge is 0.491 e. The number of hydrogen-bond donors (Lipinski definition) is 0. The maximum absolute atomic E-state index is 13.1. The van der Waals surface area contributed by atoms with Gasteiger partial charge in [-0.05, 0) is 31.4 Å². The lowest BCUT2D eigenvalue weighted by Gasteiger charge is -2.22. The SMILES string of the molecule is Fc1cc(Br)cc(OCC2CCCCO2)c1. The lowest BCUT2D eigenvalue weighted by Crippen LogP contribution is -2.25. The van der Waals surface area contributed by atoms with Crippen LogP contribution in [0, 0.1) is 5.82 Å². The summed E-state index contributed by atoms with van der Waals surface area (Å²) in [7, 11) is 0. The maximum atomic E-state index is 13.1. The predicted octanol–water partition coefficient (Wildman–Crippen LogP) is 3.54. The van der Waals surface area contributed by atoms with Crippen molar-refractivity contribution < 1.29 is 13.9 Å². The van der Waals surface area contributed by atoms with Crippen molar-refractivity contribution in [1.82, 2.24) is 0 Å². The zero-order chi connectivity index (χ0) is 11.4. The van der Waals surface area contributed by atoms with Crippen molar-refractivity contribution in [3.63, 3.8) is 0 Å². The molecular formula is C12H14BrFO2. The standard InChI is InChI=1S/C12H14BrFO2/c13-9-5-10(14)7-12(6-9)16-8-11-3-1-2-4-15-11/h5-7,11H,1-4,8H2. The number of hydrogen-bond acceptors (Lipinski definition) is 2. The van der Waals surface area contributed by atoms with Crippen LogP contribution in [0.3, 0.4) is 0 Å². The van der Waals surface area contributed by atoms with Gasteiger partial charge in [0.15, 0.2) is 0 Å². The van der Waals surface area contributed by atoms with Gasteiger partial charge in [-0.1, -0.05) is 15.9 Å². The third kappa shape index (κ3) is 3.46. The molecule has 1 unspecified atom stereocenters. The third-order valence-electron chi connectivity index (χ3n) is 2.55. The van der Waals surface area contributed by atoms with E-state index in [0.29, 0.717) is 16.8 Å². The van der Waals surface area contributed by atoms with E-state index >= 15 is 0 Å². The molecule has 88 valence electrons. The van der Waals surface area contributed by atoms with Gasteiger partial charge in [-0.3, -0.25) is 0 Å². The van der Waals surface area contributed by atoms with E-state index in [9.17, 15) is 4.39 Å². The van der Waals surface area contributed by atoms with Crippen molar-refractivity contribution >= 4 is 15.9 Å². The second-order valence-corrected chi connectivity index (χ2v) is 4.82. The molecule has 1 aromatic rings.